The van der Waals surface area contributed by atoms with Crippen LogP contribution >= 0.6 is 11.3 Å². The summed E-state index contributed by atoms with van der Waals surface area (Å²) in [7, 11) is 1.57. The van der Waals surface area contributed by atoms with Gasteiger partial charge < -0.3 is 14.2 Å². The normalized spacial score (nSPS) is 14.7. The predicted octanol–water partition coefficient (Wildman–Crippen LogP) is 3.86. The van der Waals surface area contributed by atoms with Gasteiger partial charge in [0.1, 0.15) is 12.6 Å². The van der Waals surface area contributed by atoms with Gasteiger partial charge in [0.05, 0.1) is 23.8 Å². The van der Waals surface area contributed by atoms with E-state index in [4.69, 9.17) is 19.2 Å². The number of benzene rings is 2. The van der Waals surface area contributed by atoms with Crippen LogP contribution in [0.2, 0.25) is 0 Å². The van der Waals surface area contributed by atoms with Crippen molar-refractivity contribution in [3.63, 3.8) is 0 Å². The average Bonchev–Trinajstić information content (AvgIpc) is 3.20. The zero-order chi connectivity index (χ0) is 25.1. The highest BCUT2D eigenvalue weighted by Crippen LogP contribution is 2.37. The minimum Gasteiger partial charge on any atom is -0.493 e. The van der Waals surface area contributed by atoms with Gasteiger partial charge in [0.25, 0.3) is 5.56 Å². The Morgan fingerprint density at radius 2 is 1.86 bits per heavy atom. The minimum atomic E-state index is -0.644. The minimum absolute atomic E-state index is 0.172. The highest BCUT2D eigenvalue weighted by Gasteiger charge is 2.32. The first-order chi connectivity index (χ1) is 16.8. The fraction of sp³-hybridized carbons (Fsp3) is 0.296. The number of nitrogens with zero attached hydrogens (tertiary/aromatic N) is 2. The van der Waals surface area contributed by atoms with Crippen molar-refractivity contribution in [3.8, 4) is 11.5 Å². The van der Waals surface area contributed by atoms with E-state index >= 15 is 0 Å². The van der Waals surface area contributed by atoms with Gasteiger partial charge in [0.2, 0.25) is 0 Å². The van der Waals surface area contributed by atoms with Crippen molar-refractivity contribution < 1.29 is 19.0 Å². The van der Waals surface area contributed by atoms with E-state index < -0.39 is 12.0 Å². The van der Waals surface area contributed by atoms with Crippen LogP contribution in [0.25, 0.3) is 11.3 Å². The van der Waals surface area contributed by atoms with Gasteiger partial charge in [-0.15, -0.1) is 0 Å². The molecule has 182 valence electrons. The molecule has 2 heterocycles. The molecule has 1 aliphatic rings. The van der Waals surface area contributed by atoms with Crippen molar-refractivity contribution in [2.45, 2.75) is 40.3 Å². The van der Waals surface area contributed by atoms with Gasteiger partial charge in [0.15, 0.2) is 16.3 Å². The third kappa shape index (κ3) is 4.79. The second-order valence-corrected chi connectivity index (χ2v) is 9.27. The van der Waals surface area contributed by atoms with Gasteiger partial charge >= 0.3 is 5.97 Å². The van der Waals surface area contributed by atoms with Gasteiger partial charge in [-0.2, -0.15) is 0 Å². The summed E-state index contributed by atoms with van der Waals surface area (Å²) >= 11 is 1.32. The Bertz CT molecular complexity index is 1460. The number of carbonyl (C=O) groups is 1. The average molecular weight is 493 g/mol. The summed E-state index contributed by atoms with van der Waals surface area (Å²) < 4.78 is 19.1. The van der Waals surface area contributed by atoms with Crippen LogP contribution in [-0.4, -0.2) is 24.3 Å². The Balaban J connectivity index is 1.80. The molecule has 0 fully saturated rings. The Hall–Kier alpha value is -3.65. The van der Waals surface area contributed by atoms with Crippen LogP contribution in [-0.2, 0) is 16.1 Å². The monoisotopic (exact) mass is 492 g/mol. The van der Waals surface area contributed by atoms with Gasteiger partial charge in [0, 0.05) is 5.70 Å². The van der Waals surface area contributed by atoms with E-state index in [0.717, 1.165) is 16.7 Å². The van der Waals surface area contributed by atoms with Crippen LogP contribution in [0, 0.1) is 0 Å². The van der Waals surface area contributed by atoms with Crippen LogP contribution in [0.15, 0.2) is 63.9 Å². The lowest BCUT2D eigenvalue weighted by atomic mass is 9.96. The third-order valence-corrected chi connectivity index (χ3v) is 6.97. The molecule has 2 aromatic carbocycles. The van der Waals surface area contributed by atoms with Gasteiger partial charge in [-0.1, -0.05) is 53.3 Å². The predicted molar refractivity (Wildman–Crippen MR) is 136 cm³/mol. The number of methoxy groups -OCH3 is 1. The van der Waals surface area contributed by atoms with Crippen molar-refractivity contribution >= 4 is 28.6 Å². The second kappa shape index (κ2) is 10.3. The molecule has 0 radical (unpaired) electrons. The second-order valence-electron chi connectivity index (χ2n) is 8.29. The lowest BCUT2D eigenvalue weighted by Gasteiger charge is -2.23. The topological polar surface area (TPSA) is 79.1 Å². The Morgan fingerprint density at radius 1 is 1.11 bits per heavy atom. The van der Waals surface area contributed by atoms with E-state index in [0.29, 0.717) is 38.7 Å². The number of esters is 1. The third-order valence-electron chi connectivity index (χ3n) is 5.71. The molecule has 3 aromatic rings. The van der Waals surface area contributed by atoms with Crippen molar-refractivity contribution in [1.29, 1.82) is 0 Å². The molecule has 8 heteroatoms. The van der Waals surface area contributed by atoms with E-state index in [1.165, 1.54) is 15.9 Å². The summed E-state index contributed by atoms with van der Waals surface area (Å²) in [5, 5.41) is 0. The molecule has 1 aromatic heterocycles. The number of rotatable bonds is 7. The highest BCUT2D eigenvalue weighted by molar-refractivity contribution is 7.07. The maximum absolute atomic E-state index is 13.0. The molecule has 0 bridgehead atoms. The molecule has 1 aliphatic heterocycles. The number of carbonyl (C=O) groups excluding carboxylic acids is 1. The number of fused-ring (bicyclic) bond motifs is 1. The van der Waals surface area contributed by atoms with E-state index in [9.17, 15) is 9.59 Å². The molecule has 0 saturated carbocycles. The molecule has 1 atom stereocenters. The number of hydrogen-bond donors (Lipinski definition) is 0. The molecule has 0 unspecified atom stereocenters. The fourth-order valence-electron chi connectivity index (χ4n) is 3.98. The molecule has 0 aliphatic carbocycles. The van der Waals surface area contributed by atoms with E-state index in [1.54, 1.807) is 21.0 Å². The van der Waals surface area contributed by atoms with E-state index in [-0.39, 0.29) is 12.2 Å². The summed E-state index contributed by atoms with van der Waals surface area (Å²) in [6.07, 6.45) is 0. The number of ether oxygens (including phenoxy) is 3. The maximum Gasteiger partial charge on any atom is 0.338 e. The van der Waals surface area contributed by atoms with E-state index in [2.05, 4.69) is 0 Å². The summed E-state index contributed by atoms with van der Waals surface area (Å²) in [5.41, 5.74) is 3.37. The van der Waals surface area contributed by atoms with E-state index in [1.807, 2.05) is 62.4 Å². The zero-order valence-electron chi connectivity index (χ0n) is 20.5. The summed E-state index contributed by atoms with van der Waals surface area (Å²) in [5.74, 6) is 0.618. The van der Waals surface area contributed by atoms with Gasteiger partial charge in [-0.05, 0) is 51.0 Å². The molecule has 0 N–H and O–H groups in total. The number of hydrogen-bond acceptors (Lipinski definition) is 7. The van der Waals surface area contributed by atoms with Crippen LogP contribution < -0.4 is 24.4 Å². The molecule has 0 saturated heterocycles. The van der Waals surface area contributed by atoms with Crippen molar-refractivity contribution in [1.82, 2.24) is 4.57 Å². The van der Waals surface area contributed by atoms with Gasteiger partial charge in [-0.25, -0.2) is 9.79 Å². The number of allylic oxidation sites excluding steroid dienone is 1. The molecular weight excluding hydrogens is 464 g/mol. The molecule has 7 nitrogen and oxygen atoms in total. The Kier molecular flexibility index (Phi) is 7.21. The van der Waals surface area contributed by atoms with Crippen LogP contribution in [0.1, 0.15) is 44.9 Å². The number of aromatic nitrogens is 1. The summed E-state index contributed by atoms with van der Waals surface area (Å²) in [6.45, 7) is 7.91. The molecular formula is C27H28N2O5S. The fourth-order valence-corrected chi connectivity index (χ4v) is 5.01. The first-order valence-corrected chi connectivity index (χ1v) is 12.2. The quantitative estimate of drug-likeness (QED) is 0.468. The summed E-state index contributed by atoms with van der Waals surface area (Å²) in [4.78, 5) is 31.4. The van der Waals surface area contributed by atoms with Crippen molar-refractivity contribution in [2.24, 2.45) is 4.99 Å². The molecule has 0 amide bonds. The highest BCUT2D eigenvalue weighted by atomic mass is 32.1. The lowest BCUT2D eigenvalue weighted by molar-refractivity contribution is -0.138. The van der Waals surface area contributed by atoms with Crippen LogP contribution in [0.5, 0.6) is 11.5 Å². The SMILES string of the molecule is CCOC(=O)C1=C(C)n2c(sc(=C(C)C)c2=O)=N[C@H]1c1ccc(OCc2ccccc2)c(OC)c1. The Labute approximate surface area is 207 Å². The van der Waals surface area contributed by atoms with Crippen molar-refractivity contribution in [3.05, 3.63) is 84.9 Å². The standard InChI is InChI=1S/C27H28N2O5S/c1-6-33-26(31)22-17(4)29-25(30)24(16(2)3)35-27(29)28-23(22)19-12-13-20(21(14-19)32-5)34-15-18-10-8-7-9-11-18/h7-14,23H,6,15H2,1-5H3/t23-/m0/s1. The number of thiazole rings is 1. The Morgan fingerprint density at radius 3 is 2.51 bits per heavy atom. The smallest absolute Gasteiger partial charge is 0.338 e. The molecule has 0 spiro atoms. The van der Waals surface area contributed by atoms with Crippen LogP contribution in [0.4, 0.5) is 0 Å². The largest absolute Gasteiger partial charge is 0.493 e. The zero-order valence-corrected chi connectivity index (χ0v) is 21.3. The lowest BCUT2D eigenvalue weighted by Crippen LogP contribution is -2.35. The molecule has 4 rings (SSSR count). The van der Waals surface area contributed by atoms with Crippen molar-refractivity contribution in [2.75, 3.05) is 13.7 Å². The molecule has 35 heavy (non-hydrogen) atoms. The first kappa shape index (κ1) is 24.5. The van der Waals surface area contributed by atoms with Crippen LogP contribution in [0.3, 0.4) is 0 Å². The van der Waals surface area contributed by atoms with Gasteiger partial charge in [-0.3, -0.25) is 9.36 Å². The maximum atomic E-state index is 13.0. The summed E-state index contributed by atoms with van der Waals surface area (Å²) in [6, 6.07) is 14.7. The first-order valence-electron chi connectivity index (χ1n) is 11.4.